The third-order valence-corrected chi connectivity index (χ3v) is 3.57. The van der Waals surface area contributed by atoms with Crippen molar-refractivity contribution in [2.75, 3.05) is 0 Å². The Morgan fingerprint density at radius 2 is 1.69 bits per heavy atom. The fourth-order valence-electron chi connectivity index (χ4n) is 2.15. The number of alkyl halides is 3. The van der Waals surface area contributed by atoms with Crippen molar-refractivity contribution in [2.24, 2.45) is 0 Å². The van der Waals surface area contributed by atoms with Gasteiger partial charge in [-0.3, -0.25) is 4.79 Å². The van der Waals surface area contributed by atoms with Gasteiger partial charge in [0, 0.05) is 12.6 Å². The van der Waals surface area contributed by atoms with Crippen LogP contribution in [0.2, 0.25) is 0 Å². The average Bonchev–Trinajstić information content (AvgIpc) is 2.65. The Bertz CT molecular complexity index is 862. The first-order valence-electron chi connectivity index (χ1n) is 8.39. The number of amides is 1. The van der Waals surface area contributed by atoms with Crippen LogP contribution in [0.25, 0.3) is 6.08 Å². The highest BCUT2D eigenvalue weighted by Crippen LogP contribution is 2.23. The molecule has 0 radical (unpaired) electrons. The molecule has 0 aliphatic carbocycles. The van der Waals surface area contributed by atoms with E-state index in [1.165, 1.54) is 49.4 Å². The van der Waals surface area contributed by atoms with Crippen molar-refractivity contribution in [3.05, 3.63) is 71.6 Å². The molecule has 1 N–H and O–H groups in total. The highest BCUT2D eigenvalue weighted by molar-refractivity contribution is 5.90. The third kappa shape index (κ3) is 8.04. The number of hydrogen-bond acceptors (Lipinski definition) is 4. The quantitative estimate of drug-likeness (QED) is 0.425. The van der Waals surface area contributed by atoms with E-state index >= 15 is 0 Å². The van der Waals surface area contributed by atoms with Crippen molar-refractivity contribution in [3.8, 4) is 5.75 Å². The van der Waals surface area contributed by atoms with Crippen molar-refractivity contribution in [2.45, 2.75) is 25.9 Å². The van der Waals surface area contributed by atoms with Crippen LogP contribution in [-0.2, 0) is 20.9 Å². The molecular weight excluding hydrogens is 394 g/mol. The summed E-state index contributed by atoms with van der Waals surface area (Å²) >= 11 is 0. The number of benzene rings is 2. The van der Waals surface area contributed by atoms with Crippen molar-refractivity contribution in [3.63, 3.8) is 0 Å². The summed E-state index contributed by atoms with van der Waals surface area (Å²) < 4.78 is 57.9. The first kappa shape index (κ1) is 21.9. The fraction of sp³-hybridized carbons (Fsp3) is 0.200. The summed E-state index contributed by atoms with van der Waals surface area (Å²) in [5.74, 6) is -2.12. The maximum absolute atomic E-state index is 12.8. The molecule has 0 spiro atoms. The Kier molecular flexibility index (Phi) is 7.35. The Morgan fingerprint density at radius 1 is 1.07 bits per heavy atom. The molecule has 2 aromatic rings. The second kappa shape index (κ2) is 9.72. The summed E-state index contributed by atoms with van der Waals surface area (Å²) in [6.45, 7) is 1.53. The van der Waals surface area contributed by atoms with E-state index < -0.39 is 30.2 Å². The van der Waals surface area contributed by atoms with E-state index in [1.807, 2.05) is 0 Å². The Balaban J connectivity index is 1.81. The van der Waals surface area contributed by atoms with Crippen LogP contribution in [-0.4, -0.2) is 24.3 Å². The minimum atomic E-state index is -4.78. The van der Waals surface area contributed by atoms with E-state index in [0.717, 1.165) is 18.2 Å². The number of ether oxygens (including phenoxy) is 2. The standard InChI is InChI=1S/C20H17F4NO4/c1-13(19(27)25-12-15-2-7-16(21)8-3-15)28-18(26)11-6-14-4-9-17(10-5-14)29-20(22,23)24/h2-11,13H,12H2,1H3,(H,25,27)/b11-6+/t13-/m0/s1. The second-order valence-corrected chi connectivity index (χ2v) is 5.87. The highest BCUT2D eigenvalue weighted by Gasteiger charge is 2.30. The molecule has 0 heterocycles. The van der Waals surface area contributed by atoms with Gasteiger partial charge >= 0.3 is 12.3 Å². The molecule has 0 bridgehead atoms. The molecule has 5 nitrogen and oxygen atoms in total. The van der Waals surface area contributed by atoms with Gasteiger partial charge in [0.05, 0.1) is 0 Å². The van der Waals surface area contributed by atoms with Crippen molar-refractivity contribution >= 4 is 18.0 Å². The van der Waals surface area contributed by atoms with Crippen LogP contribution in [0.3, 0.4) is 0 Å². The monoisotopic (exact) mass is 411 g/mol. The molecule has 0 fully saturated rings. The van der Waals surface area contributed by atoms with Gasteiger partial charge in [0.15, 0.2) is 6.10 Å². The molecule has 1 atom stereocenters. The first-order chi connectivity index (χ1) is 13.6. The topological polar surface area (TPSA) is 64.6 Å². The maximum atomic E-state index is 12.8. The normalized spacial score (nSPS) is 12.4. The molecule has 2 rings (SSSR count). The molecule has 1 amide bonds. The van der Waals surface area contributed by atoms with E-state index in [0.29, 0.717) is 11.1 Å². The van der Waals surface area contributed by atoms with E-state index in [4.69, 9.17) is 4.74 Å². The Labute approximate surface area is 163 Å². The lowest BCUT2D eigenvalue weighted by atomic mass is 10.2. The first-order valence-corrected chi connectivity index (χ1v) is 8.39. The molecule has 0 aromatic heterocycles. The smallest absolute Gasteiger partial charge is 0.449 e. The van der Waals surface area contributed by atoms with Crippen molar-refractivity contribution in [1.29, 1.82) is 0 Å². The molecule has 9 heteroatoms. The number of carbonyl (C=O) groups excluding carboxylic acids is 2. The average molecular weight is 411 g/mol. The van der Waals surface area contributed by atoms with Gasteiger partial charge in [-0.15, -0.1) is 13.2 Å². The van der Waals surface area contributed by atoms with E-state index in [2.05, 4.69) is 10.1 Å². The predicted molar refractivity (Wildman–Crippen MR) is 96.0 cm³/mol. The molecule has 154 valence electrons. The molecular formula is C20H17F4NO4. The number of halogens is 4. The van der Waals surface area contributed by atoms with Crippen LogP contribution in [0.5, 0.6) is 5.75 Å². The second-order valence-electron chi connectivity index (χ2n) is 5.87. The number of hydrogen-bond donors (Lipinski definition) is 1. The zero-order valence-corrected chi connectivity index (χ0v) is 15.2. The van der Waals surface area contributed by atoms with Crippen LogP contribution < -0.4 is 10.1 Å². The minimum absolute atomic E-state index is 0.142. The Morgan fingerprint density at radius 3 is 2.28 bits per heavy atom. The van der Waals surface area contributed by atoms with Gasteiger partial charge in [0.1, 0.15) is 11.6 Å². The number of esters is 1. The number of nitrogens with one attached hydrogen (secondary N) is 1. The maximum Gasteiger partial charge on any atom is 0.573 e. The van der Waals surface area contributed by atoms with Gasteiger partial charge in [-0.05, 0) is 48.4 Å². The fourth-order valence-corrected chi connectivity index (χ4v) is 2.15. The highest BCUT2D eigenvalue weighted by atomic mass is 19.4. The molecule has 0 saturated carbocycles. The van der Waals surface area contributed by atoms with Gasteiger partial charge in [0.2, 0.25) is 0 Å². The van der Waals surface area contributed by atoms with Gasteiger partial charge in [-0.2, -0.15) is 0 Å². The van der Waals surface area contributed by atoms with E-state index in [1.54, 1.807) is 0 Å². The summed E-state index contributed by atoms with van der Waals surface area (Å²) in [7, 11) is 0. The van der Waals surface area contributed by atoms with Gasteiger partial charge in [0.25, 0.3) is 5.91 Å². The zero-order valence-electron chi connectivity index (χ0n) is 15.2. The summed E-state index contributed by atoms with van der Waals surface area (Å²) in [6.07, 6.45) is -3.49. The van der Waals surface area contributed by atoms with Crippen molar-refractivity contribution in [1.82, 2.24) is 5.32 Å². The summed E-state index contributed by atoms with van der Waals surface area (Å²) in [5, 5.41) is 2.55. The number of rotatable bonds is 7. The molecule has 0 aliphatic heterocycles. The summed E-state index contributed by atoms with van der Waals surface area (Å²) in [6, 6.07) is 10.4. The van der Waals surface area contributed by atoms with Crippen LogP contribution in [0.4, 0.5) is 17.6 Å². The Hall–Kier alpha value is -3.36. The van der Waals surface area contributed by atoms with Crippen LogP contribution in [0, 0.1) is 5.82 Å². The molecule has 2 aromatic carbocycles. The lowest BCUT2D eigenvalue weighted by molar-refractivity contribution is -0.274. The number of carbonyl (C=O) groups is 2. The van der Waals surface area contributed by atoms with Gasteiger partial charge in [-0.25, -0.2) is 9.18 Å². The SMILES string of the molecule is C[C@H](OC(=O)/C=C/c1ccc(OC(F)(F)F)cc1)C(=O)NCc1ccc(F)cc1. The molecule has 0 saturated heterocycles. The van der Waals surface area contributed by atoms with Crippen LogP contribution in [0.15, 0.2) is 54.6 Å². The van der Waals surface area contributed by atoms with Gasteiger partial charge < -0.3 is 14.8 Å². The molecule has 29 heavy (non-hydrogen) atoms. The predicted octanol–water partition coefficient (Wildman–Crippen LogP) is 3.99. The zero-order chi connectivity index (χ0) is 21.4. The van der Waals surface area contributed by atoms with Gasteiger partial charge in [-0.1, -0.05) is 24.3 Å². The molecule has 0 aliphatic rings. The minimum Gasteiger partial charge on any atom is -0.449 e. The van der Waals surface area contributed by atoms with Crippen molar-refractivity contribution < 1.29 is 36.6 Å². The van der Waals surface area contributed by atoms with Crippen LogP contribution >= 0.6 is 0 Å². The summed E-state index contributed by atoms with van der Waals surface area (Å²) in [5.41, 5.74) is 1.11. The third-order valence-electron chi connectivity index (χ3n) is 3.57. The lowest BCUT2D eigenvalue weighted by Crippen LogP contribution is -2.35. The molecule has 0 unspecified atom stereocenters. The van der Waals surface area contributed by atoms with E-state index in [-0.39, 0.29) is 12.3 Å². The van der Waals surface area contributed by atoms with Crippen LogP contribution in [0.1, 0.15) is 18.1 Å². The summed E-state index contributed by atoms with van der Waals surface area (Å²) in [4.78, 5) is 23.7. The largest absolute Gasteiger partial charge is 0.573 e. The van der Waals surface area contributed by atoms with E-state index in [9.17, 15) is 27.2 Å². The lowest BCUT2D eigenvalue weighted by Gasteiger charge is -2.12.